The molecule has 0 aliphatic carbocycles. The van der Waals surface area contributed by atoms with Gasteiger partial charge in [0.25, 0.3) is 0 Å². The normalized spacial score (nSPS) is 15.6. The fraction of sp³-hybridized carbons (Fsp3) is 0.333. The molecule has 1 aliphatic heterocycles. The standard InChI is InChI=1S/C9H12N2O2S/c10-14(12,13)7-11-6-5-8-3-1-2-4-9(8)11/h1-4H,5-7H2,(H2,10,12,13). The molecule has 2 N–H and O–H groups in total. The minimum Gasteiger partial charge on any atom is -0.356 e. The second-order valence-corrected chi connectivity index (χ2v) is 5.02. The van der Waals surface area contributed by atoms with Crippen LogP contribution in [-0.4, -0.2) is 20.8 Å². The molecule has 1 aliphatic rings. The highest BCUT2D eigenvalue weighted by Crippen LogP contribution is 2.27. The van der Waals surface area contributed by atoms with Gasteiger partial charge in [-0.3, -0.25) is 0 Å². The first-order chi connectivity index (χ1) is 6.56. The summed E-state index contributed by atoms with van der Waals surface area (Å²) in [5.41, 5.74) is 2.18. The van der Waals surface area contributed by atoms with Gasteiger partial charge in [0.05, 0.1) is 0 Å². The van der Waals surface area contributed by atoms with Gasteiger partial charge in [-0.2, -0.15) is 0 Å². The minimum atomic E-state index is -3.42. The number of sulfonamides is 1. The molecule has 76 valence electrons. The van der Waals surface area contributed by atoms with Gasteiger partial charge in [-0.05, 0) is 18.1 Å². The third-order valence-corrected chi connectivity index (χ3v) is 2.99. The lowest BCUT2D eigenvalue weighted by atomic mass is 10.2. The van der Waals surface area contributed by atoms with Crippen molar-refractivity contribution in [1.82, 2.24) is 0 Å². The summed E-state index contributed by atoms with van der Waals surface area (Å²) in [6.07, 6.45) is 0.895. The van der Waals surface area contributed by atoms with E-state index in [2.05, 4.69) is 0 Å². The van der Waals surface area contributed by atoms with E-state index in [-0.39, 0.29) is 5.88 Å². The van der Waals surface area contributed by atoms with Gasteiger partial charge in [-0.1, -0.05) is 18.2 Å². The van der Waals surface area contributed by atoms with Crippen molar-refractivity contribution in [3.63, 3.8) is 0 Å². The van der Waals surface area contributed by atoms with Crippen molar-refractivity contribution in [3.8, 4) is 0 Å². The number of hydrogen-bond donors (Lipinski definition) is 1. The van der Waals surface area contributed by atoms with E-state index in [0.717, 1.165) is 18.7 Å². The predicted octanol–water partition coefficient (Wildman–Crippen LogP) is 0.295. The Labute approximate surface area is 83.4 Å². The number of primary sulfonamides is 1. The van der Waals surface area contributed by atoms with Crippen LogP contribution in [0.2, 0.25) is 0 Å². The molecule has 0 radical (unpaired) electrons. The van der Waals surface area contributed by atoms with E-state index in [1.807, 2.05) is 24.3 Å². The largest absolute Gasteiger partial charge is 0.356 e. The molecule has 1 aromatic carbocycles. The first kappa shape index (κ1) is 9.48. The van der Waals surface area contributed by atoms with Crippen LogP contribution < -0.4 is 10.0 Å². The molecule has 0 amide bonds. The van der Waals surface area contributed by atoms with Gasteiger partial charge < -0.3 is 4.90 Å². The number of para-hydroxylation sites is 1. The van der Waals surface area contributed by atoms with Crippen LogP contribution in [0.3, 0.4) is 0 Å². The van der Waals surface area contributed by atoms with Gasteiger partial charge in [0.1, 0.15) is 5.88 Å². The van der Waals surface area contributed by atoms with E-state index in [1.54, 1.807) is 4.90 Å². The Morgan fingerprint density at radius 1 is 1.36 bits per heavy atom. The number of rotatable bonds is 2. The quantitative estimate of drug-likeness (QED) is 0.766. The maximum absolute atomic E-state index is 10.9. The third kappa shape index (κ3) is 1.88. The van der Waals surface area contributed by atoms with Crippen molar-refractivity contribution in [2.45, 2.75) is 6.42 Å². The zero-order valence-corrected chi connectivity index (χ0v) is 8.50. The first-order valence-corrected chi connectivity index (χ1v) is 6.11. The molecule has 1 heterocycles. The summed E-state index contributed by atoms with van der Waals surface area (Å²) < 4.78 is 21.9. The molecule has 0 bridgehead atoms. The van der Waals surface area contributed by atoms with Gasteiger partial charge in [-0.25, -0.2) is 13.6 Å². The van der Waals surface area contributed by atoms with E-state index in [9.17, 15) is 8.42 Å². The maximum atomic E-state index is 10.9. The average molecular weight is 212 g/mol. The molecule has 0 spiro atoms. The highest BCUT2D eigenvalue weighted by molar-refractivity contribution is 7.89. The molecule has 14 heavy (non-hydrogen) atoms. The highest BCUT2D eigenvalue weighted by Gasteiger charge is 2.21. The molecule has 0 unspecified atom stereocenters. The van der Waals surface area contributed by atoms with Gasteiger partial charge >= 0.3 is 0 Å². The van der Waals surface area contributed by atoms with Crippen molar-refractivity contribution in [3.05, 3.63) is 29.8 Å². The lowest BCUT2D eigenvalue weighted by Crippen LogP contribution is -2.32. The topological polar surface area (TPSA) is 63.4 Å². The van der Waals surface area contributed by atoms with Crippen molar-refractivity contribution in [1.29, 1.82) is 0 Å². The van der Waals surface area contributed by atoms with Crippen LogP contribution >= 0.6 is 0 Å². The maximum Gasteiger partial charge on any atom is 0.227 e. The van der Waals surface area contributed by atoms with E-state index in [1.165, 1.54) is 5.56 Å². The summed E-state index contributed by atoms with van der Waals surface area (Å²) in [6, 6.07) is 7.80. The van der Waals surface area contributed by atoms with Crippen molar-refractivity contribution in [2.24, 2.45) is 5.14 Å². The Hall–Kier alpha value is -1.07. The summed E-state index contributed by atoms with van der Waals surface area (Å²) in [5, 5.41) is 5.00. The van der Waals surface area contributed by atoms with Gasteiger partial charge in [0.15, 0.2) is 0 Å². The van der Waals surface area contributed by atoms with Crippen molar-refractivity contribution >= 4 is 15.7 Å². The second-order valence-electron chi connectivity index (χ2n) is 3.43. The Bertz CT molecular complexity index is 442. The average Bonchev–Trinajstić information content (AvgIpc) is 2.47. The molecule has 0 aromatic heterocycles. The zero-order chi connectivity index (χ0) is 10.2. The molecule has 0 saturated heterocycles. The lowest BCUT2D eigenvalue weighted by molar-refractivity contribution is 0.595. The summed E-state index contributed by atoms with van der Waals surface area (Å²) in [7, 11) is -3.42. The van der Waals surface area contributed by atoms with Gasteiger partial charge in [-0.15, -0.1) is 0 Å². The minimum absolute atomic E-state index is 0.0932. The Kier molecular flexibility index (Phi) is 2.20. The van der Waals surface area contributed by atoms with E-state index >= 15 is 0 Å². The number of nitrogens with two attached hydrogens (primary N) is 1. The van der Waals surface area contributed by atoms with Crippen LogP contribution in [0.1, 0.15) is 5.56 Å². The Balaban J connectivity index is 2.27. The number of benzene rings is 1. The predicted molar refractivity (Wildman–Crippen MR) is 55.5 cm³/mol. The molecule has 0 atom stereocenters. The molecule has 4 nitrogen and oxygen atoms in total. The second kappa shape index (κ2) is 3.25. The molecular weight excluding hydrogens is 200 g/mol. The van der Waals surface area contributed by atoms with Gasteiger partial charge in [0.2, 0.25) is 10.0 Å². The lowest BCUT2D eigenvalue weighted by Gasteiger charge is -2.17. The molecule has 5 heteroatoms. The van der Waals surface area contributed by atoms with Gasteiger partial charge in [0, 0.05) is 12.2 Å². The fourth-order valence-corrected chi connectivity index (χ4v) is 2.46. The molecule has 1 aromatic rings. The van der Waals surface area contributed by atoms with Crippen molar-refractivity contribution < 1.29 is 8.42 Å². The fourth-order valence-electron chi connectivity index (χ4n) is 1.76. The number of fused-ring (bicyclic) bond motifs is 1. The molecule has 2 rings (SSSR count). The van der Waals surface area contributed by atoms with Crippen LogP contribution in [0.15, 0.2) is 24.3 Å². The van der Waals surface area contributed by atoms with Crippen LogP contribution in [0, 0.1) is 0 Å². The Morgan fingerprint density at radius 2 is 2.07 bits per heavy atom. The number of anilines is 1. The third-order valence-electron chi connectivity index (χ3n) is 2.32. The SMILES string of the molecule is NS(=O)(=O)CN1CCc2ccccc21. The zero-order valence-electron chi connectivity index (χ0n) is 7.68. The van der Waals surface area contributed by atoms with E-state index < -0.39 is 10.0 Å². The number of hydrogen-bond acceptors (Lipinski definition) is 3. The summed E-state index contributed by atoms with van der Waals surface area (Å²) in [6.45, 7) is 0.732. The van der Waals surface area contributed by atoms with E-state index in [0.29, 0.717) is 0 Å². The summed E-state index contributed by atoms with van der Waals surface area (Å²) in [5.74, 6) is -0.0932. The number of nitrogens with zero attached hydrogens (tertiary/aromatic N) is 1. The van der Waals surface area contributed by atoms with Crippen LogP contribution in [0.25, 0.3) is 0 Å². The van der Waals surface area contributed by atoms with Crippen LogP contribution in [0.4, 0.5) is 5.69 Å². The molecule has 0 saturated carbocycles. The summed E-state index contributed by atoms with van der Waals surface area (Å²) >= 11 is 0. The van der Waals surface area contributed by atoms with Crippen molar-refractivity contribution in [2.75, 3.05) is 17.3 Å². The summed E-state index contributed by atoms with van der Waals surface area (Å²) in [4.78, 5) is 1.80. The van der Waals surface area contributed by atoms with E-state index in [4.69, 9.17) is 5.14 Å². The molecular formula is C9H12N2O2S. The molecule has 0 fully saturated rings. The van der Waals surface area contributed by atoms with Crippen LogP contribution in [0.5, 0.6) is 0 Å². The smallest absolute Gasteiger partial charge is 0.227 e. The monoisotopic (exact) mass is 212 g/mol. The Morgan fingerprint density at radius 3 is 2.79 bits per heavy atom. The highest BCUT2D eigenvalue weighted by atomic mass is 32.2. The first-order valence-electron chi connectivity index (χ1n) is 4.39. The van der Waals surface area contributed by atoms with Crippen LogP contribution in [-0.2, 0) is 16.4 Å².